The first kappa shape index (κ1) is 20.8. The van der Waals surface area contributed by atoms with E-state index in [1.165, 1.54) is 4.68 Å². The van der Waals surface area contributed by atoms with Gasteiger partial charge in [0.15, 0.2) is 12.3 Å². The summed E-state index contributed by atoms with van der Waals surface area (Å²) in [5.74, 6) is -1.44. The lowest BCUT2D eigenvalue weighted by Crippen LogP contribution is -2.28. The lowest BCUT2D eigenvalue weighted by molar-refractivity contribution is -0.119. The van der Waals surface area contributed by atoms with Crippen molar-refractivity contribution in [1.29, 1.82) is 0 Å². The number of esters is 1. The number of carbonyl (C=O) groups is 2. The number of fused-ring (bicyclic) bond motifs is 1. The molecule has 3 aromatic rings. The third-order valence-corrected chi connectivity index (χ3v) is 4.70. The molecule has 1 amide bonds. The molecule has 2 aromatic carbocycles. The second-order valence-electron chi connectivity index (χ2n) is 6.46. The Labute approximate surface area is 176 Å². The predicted octanol–water partition coefficient (Wildman–Crippen LogP) is 4.08. The molecule has 9 heteroatoms. The molecule has 29 heavy (non-hydrogen) atoms. The number of nitrogens with zero attached hydrogens (tertiary/aromatic N) is 2. The Hall–Kier alpha value is -2.90. The Morgan fingerprint density at radius 3 is 2.31 bits per heavy atom. The van der Waals surface area contributed by atoms with E-state index in [9.17, 15) is 14.4 Å². The van der Waals surface area contributed by atoms with Gasteiger partial charge in [0.1, 0.15) is 0 Å². The van der Waals surface area contributed by atoms with E-state index in [1.807, 2.05) is 0 Å². The summed E-state index contributed by atoms with van der Waals surface area (Å²) in [5.41, 5.74) is -0.121. The summed E-state index contributed by atoms with van der Waals surface area (Å²) in [5, 5.41) is 7.87. The first-order valence-corrected chi connectivity index (χ1v) is 9.47. The molecular weight excluding hydrogens is 417 g/mol. The van der Waals surface area contributed by atoms with Gasteiger partial charge in [0, 0.05) is 5.39 Å². The number of para-hydroxylation sites is 1. The molecule has 0 aliphatic heterocycles. The number of carbonyl (C=O) groups excluding carboxylic acids is 2. The maximum absolute atomic E-state index is 12.6. The molecule has 0 atom stereocenters. The van der Waals surface area contributed by atoms with E-state index in [2.05, 4.69) is 10.4 Å². The van der Waals surface area contributed by atoms with E-state index in [-0.39, 0.29) is 33.0 Å². The minimum absolute atomic E-state index is 0.0440. The minimum atomic E-state index is -0.823. The highest BCUT2D eigenvalue weighted by Gasteiger charge is 2.20. The monoisotopic (exact) mass is 433 g/mol. The molecule has 3 rings (SSSR count). The van der Waals surface area contributed by atoms with Gasteiger partial charge in [-0.25, -0.2) is 9.48 Å². The van der Waals surface area contributed by atoms with Crippen LogP contribution in [0.15, 0.2) is 47.3 Å². The van der Waals surface area contributed by atoms with Crippen molar-refractivity contribution in [2.75, 3.05) is 11.9 Å². The normalized spacial score (nSPS) is 10.9. The number of aromatic nitrogens is 2. The van der Waals surface area contributed by atoms with Crippen LogP contribution < -0.4 is 10.9 Å². The molecular formula is C20H17Cl2N3O4. The van der Waals surface area contributed by atoms with Gasteiger partial charge in [0.2, 0.25) is 0 Å². The summed E-state index contributed by atoms with van der Waals surface area (Å²) < 4.78 is 6.32. The highest BCUT2D eigenvalue weighted by Crippen LogP contribution is 2.29. The Morgan fingerprint density at radius 1 is 1.07 bits per heavy atom. The summed E-state index contributed by atoms with van der Waals surface area (Å²) in [4.78, 5) is 37.3. The van der Waals surface area contributed by atoms with Crippen molar-refractivity contribution in [2.45, 2.75) is 19.9 Å². The predicted molar refractivity (Wildman–Crippen MR) is 112 cm³/mol. The summed E-state index contributed by atoms with van der Waals surface area (Å²) in [6.07, 6.45) is 0. The second-order valence-corrected chi connectivity index (χ2v) is 7.27. The van der Waals surface area contributed by atoms with Crippen LogP contribution in [0.4, 0.5) is 5.69 Å². The van der Waals surface area contributed by atoms with Crippen molar-refractivity contribution in [3.05, 3.63) is 68.6 Å². The Balaban J connectivity index is 1.82. The zero-order valence-corrected chi connectivity index (χ0v) is 17.1. The van der Waals surface area contributed by atoms with Gasteiger partial charge in [-0.1, -0.05) is 47.5 Å². The molecule has 150 valence electrons. The van der Waals surface area contributed by atoms with E-state index >= 15 is 0 Å². The van der Waals surface area contributed by atoms with Gasteiger partial charge in [-0.05, 0) is 32.0 Å². The number of rotatable bonds is 5. The van der Waals surface area contributed by atoms with Crippen molar-refractivity contribution in [3.63, 3.8) is 0 Å². The van der Waals surface area contributed by atoms with Crippen molar-refractivity contribution >= 4 is 51.5 Å². The van der Waals surface area contributed by atoms with E-state index in [4.69, 9.17) is 27.9 Å². The molecule has 0 saturated heterocycles. The number of amides is 1. The first-order valence-electron chi connectivity index (χ1n) is 8.72. The first-order chi connectivity index (χ1) is 13.8. The number of benzene rings is 2. The fourth-order valence-electron chi connectivity index (χ4n) is 2.70. The van der Waals surface area contributed by atoms with E-state index in [0.29, 0.717) is 10.8 Å². The smallest absolute Gasteiger partial charge is 0.359 e. The van der Waals surface area contributed by atoms with Crippen LogP contribution in [-0.2, 0) is 9.53 Å². The van der Waals surface area contributed by atoms with Crippen LogP contribution in [0.3, 0.4) is 0 Å². The van der Waals surface area contributed by atoms with Gasteiger partial charge in [-0.15, -0.1) is 0 Å². The quantitative estimate of drug-likeness (QED) is 0.612. The molecule has 7 nitrogen and oxygen atoms in total. The third-order valence-electron chi connectivity index (χ3n) is 4.07. The van der Waals surface area contributed by atoms with Crippen molar-refractivity contribution in [3.8, 4) is 0 Å². The van der Waals surface area contributed by atoms with Crippen molar-refractivity contribution in [2.24, 2.45) is 0 Å². The molecule has 0 radical (unpaired) electrons. The van der Waals surface area contributed by atoms with Crippen LogP contribution in [0.5, 0.6) is 0 Å². The molecule has 1 N–H and O–H groups in total. The number of hydrogen-bond acceptors (Lipinski definition) is 5. The molecule has 0 aliphatic rings. The third kappa shape index (κ3) is 4.41. The summed E-state index contributed by atoms with van der Waals surface area (Å²) in [6.45, 7) is 2.98. The minimum Gasteiger partial charge on any atom is -0.451 e. The highest BCUT2D eigenvalue weighted by atomic mass is 35.5. The number of nitrogens with one attached hydrogen (secondary N) is 1. The summed E-state index contributed by atoms with van der Waals surface area (Å²) in [7, 11) is 0. The fraction of sp³-hybridized carbons (Fsp3) is 0.200. The van der Waals surface area contributed by atoms with Crippen molar-refractivity contribution < 1.29 is 14.3 Å². The molecule has 0 saturated carbocycles. The van der Waals surface area contributed by atoms with E-state index < -0.39 is 18.5 Å². The molecule has 0 bridgehead atoms. The Morgan fingerprint density at radius 2 is 1.69 bits per heavy atom. The number of anilines is 1. The lowest BCUT2D eigenvalue weighted by Gasteiger charge is -2.13. The average molecular weight is 434 g/mol. The van der Waals surface area contributed by atoms with Crippen LogP contribution in [0.2, 0.25) is 10.0 Å². The maximum Gasteiger partial charge on any atom is 0.359 e. The Bertz CT molecular complexity index is 1140. The average Bonchev–Trinajstić information content (AvgIpc) is 2.69. The van der Waals surface area contributed by atoms with Gasteiger partial charge < -0.3 is 10.1 Å². The lowest BCUT2D eigenvalue weighted by atomic mass is 10.1. The zero-order valence-electron chi connectivity index (χ0n) is 15.6. The highest BCUT2D eigenvalue weighted by molar-refractivity contribution is 6.39. The standard InChI is InChI=1S/C20H17Cl2N3O4/c1-11(2)25-19(27)13-7-4-3-6-12(13)17(24-25)20(28)29-10-16(26)23-18-14(21)8-5-9-15(18)22/h3-9,11H,10H2,1-2H3,(H,23,26). The molecule has 1 heterocycles. The largest absolute Gasteiger partial charge is 0.451 e. The van der Waals surface area contributed by atoms with Crippen LogP contribution in [0.25, 0.3) is 10.8 Å². The molecule has 1 aromatic heterocycles. The summed E-state index contributed by atoms with van der Waals surface area (Å²) >= 11 is 12.0. The van der Waals surface area contributed by atoms with E-state index in [1.54, 1.807) is 56.3 Å². The number of hydrogen-bond donors (Lipinski definition) is 1. The molecule has 0 spiro atoms. The molecule has 0 fully saturated rings. The van der Waals surface area contributed by atoms with Crippen LogP contribution in [0.1, 0.15) is 30.4 Å². The topological polar surface area (TPSA) is 90.3 Å². The van der Waals surface area contributed by atoms with Gasteiger partial charge in [-0.3, -0.25) is 9.59 Å². The number of halogens is 2. The summed E-state index contributed by atoms with van der Waals surface area (Å²) in [6, 6.07) is 11.1. The maximum atomic E-state index is 12.6. The van der Waals surface area contributed by atoms with Gasteiger partial charge in [0.05, 0.1) is 27.2 Å². The van der Waals surface area contributed by atoms with Crippen LogP contribution in [0, 0.1) is 0 Å². The zero-order chi connectivity index (χ0) is 21.1. The fourth-order valence-corrected chi connectivity index (χ4v) is 3.19. The Kier molecular flexibility index (Phi) is 6.20. The molecule has 0 unspecified atom stereocenters. The molecule has 0 aliphatic carbocycles. The SMILES string of the molecule is CC(C)n1nc(C(=O)OCC(=O)Nc2c(Cl)cccc2Cl)c2ccccc2c1=O. The van der Waals surface area contributed by atoms with Crippen molar-refractivity contribution in [1.82, 2.24) is 9.78 Å². The van der Waals surface area contributed by atoms with Crippen LogP contribution in [-0.4, -0.2) is 28.3 Å². The van der Waals surface area contributed by atoms with Gasteiger partial charge in [0.25, 0.3) is 11.5 Å². The number of ether oxygens (including phenoxy) is 1. The van der Waals surface area contributed by atoms with Crippen LogP contribution >= 0.6 is 23.2 Å². The second kappa shape index (κ2) is 8.63. The van der Waals surface area contributed by atoms with Gasteiger partial charge in [-0.2, -0.15) is 5.10 Å². The van der Waals surface area contributed by atoms with Gasteiger partial charge >= 0.3 is 5.97 Å². The van der Waals surface area contributed by atoms with E-state index in [0.717, 1.165) is 0 Å².